The van der Waals surface area contributed by atoms with Crippen molar-refractivity contribution < 1.29 is 9.47 Å². The monoisotopic (exact) mass is 671 g/mol. The molecule has 0 saturated heterocycles. The number of para-hydroxylation sites is 8. The van der Waals surface area contributed by atoms with Gasteiger partial charge in [-0.1, -0.05) is 103 Å². The summed E-state index contributed by atoms with van der Waals surface area (Å²) in [6.45, 7) is 0. The summed E-state index contributed by atoms with van der Waals surface area (Å²) in [5.41, 5.74) is 10.1. The molecule has 2 aliphatic rings. The minimum absolute atomic E-state index is 0.567. The van der Waals surface area contributed by atoms with Crippen molar-refractivity contribution in [2.75, 3.05) is 9.80 Å². The molecule has 0 fully saturated rings. The number of rotatable bonds is 5. The van der Waals surface area contributed by atoms with Gasteiger partial charge in [-0.2, -0.15) is 0 Å². The molecule has 7 nitrogen and oxygen atoms in total. The summed E-state index contributed by atoms with van der Waals surface area (Å²) < 4.78 is 12.5. The Labute approximate surface area is 300 Å². The Morgan fingerprint density at radius 2 is 0.712 bits per heavy atom. The summed E-state index contributed by atoms with van der Waals surface area (Å²) in [6.07, 6.45) is 0. The van der Waals surface area contributed by atoms with Crippen LogP contribution >= 0.6 is 0 Å². The van der Waals surface area contributed by atoms with E-state index in [0.717, 1.165) is 79.5 Å². The number of hydrogen-bond acceptors (Lipinski definition) is 7. The van der Waals surface area contributed by atoms with E-state index >= 15 is 0 Å². The summed E-state index contributed by atoms with van der Waals surface area (Å²) in [4.78, 5) is 9.59. The highest BCUT2D eigenvalue weighted by molar-refractivity contribution is 5.89. The van der Waals surface area contributed by atoms with E-state index in [9.17, 15) is 0 Å². The lowest BCUT2D eigenvalue weighted by Gasteiger charge is -2.32. The fraction of sp³-hybridized carbons (Fsp3) is 0. The number of hydrogen-bond donors (Lipinski definition) is 0. The topological polar surface area (TPSA) is 63.6 Å². The second-order valence-electron chi connectivity index (χ2n) is 12.5. The van der Waals surface area contributed by atoms with Crippen LogP contribution in [0, 0.1) is 0 Å². The lowest BCUT2D eigenvalue weighted by Crippen LogP contribution is -2.15. The van der Waals surface area contributed by atoms with Crippen LogP contribution in [0.2, 0.25) is 0 Å². The van der Waals surface area contributed by atoms with Crippen LogP contribution in [0.3, 0.4) is 0 Å². The Hall–Kier alpha value is -7.25. The zero-order valence-electron chi connectivity index (χ0n) is 27.8. The van der Waals surface area contributed by atoms with Crippen molar-refractivity contribution in [1.82, 2.24) is 15.2 Å². The molecule has 0 aliphatic carbocycles. The van der Waals surface area contributed by atoms with Crippen molar-refractivity contribution in [1.29, 1.82) is 0 Å². The Kier molecular flexibility index (Phi) is 6.99. The van der Waals surface area contributed by atoms with E-state index < -0.39 is 0 Å². The SMILES string of the molecule is c1ccc(-c2nnc(-c3ccc(N4c5ccccc5Oc5ccccc54)cc3)c(-c3ccc(N4c5ccccc5Oc5ccccc54)cc3)n2)cc1. The highest BCUT2D eigenvalue weighted by Crippen LogP contribution is 2.51. The maximum absolute atomic E-state index is 6.25. The minimum atomic E-state index is 0.567. The van der Waals surface area contributed by atoms with Crippen LogP contribution in [0.15, 0.2) is 176 Å². The molecule has 2 aliphatic heterocycles. The van der Waals surface area contributed by atoms with Crippen LogP contribution in [-0.2, 0) is 0 Å². The Balaban J connectivity index is 1.06. The molecule has 246 valence electrons. The standard InChI is InChI=1S/C45H29N5O2/c1-2-12-32(13-3-1)45-46-43(30-22-26-33(27-23-30)49-35-14-4-8-18-39(35)51-40-19-9-5-15-36(40)49)44(47-48-45)31-24-28-34(29-25-31)50-37-16-6-10-20-41(37)52-42-21-11-7-17-38(42)50/h1-29H. The van der Waals surface area contributed by atoms with Gasteiger partial charge in [-0.15, -0.1) is 10.2 Å². The minimum Gasteiger partial charge on any atom is -0.453 e. The van der Waals surface area contributed by atoms with Crippen molar-refractivity contribution >= 4 is 34.1 Å². The first-order chi connectivity index (χ1) is 25.8. The molecular weight excluding hydrogens is 643 g/mol. The maximum Gasteiger partial charge on any atom is 0.182 e. The van der Waals surface area contributed by atoms with E-state index in [1.165, 1.54) is 0 Å². The van der Waals surface area contributed by atoms with Crippen LogP contribution in [0.25, 0.3) is 33.9 Å². The number of ether oxygens (including phenoxy) is 2. The van der Waals surface area contributed by atoms with Gasteiger partial charge in [0.05, 0.1) is 22.7 Å². The van der Waals surface area contributed by atoms with Crippen LogP contribution in [-0.4, -0.2) is 15.2 Å². The van der Waals surface area contributed by atoms with Crippen molar-refractivity contribution in [3.8, 4) is 56.9 Å². The van der Waals surface area contributed by atoms with Gasteiger partial charge in [-0.3, -0.25) is 0 Å². The molecule has 0 unspecified atom stereocenters. The highest BCUT2D eigenvalue weighted by atomic mass is 16.5. The van der Waals surface area contributed by atoms with Crippen LogP contribution in [0.5, 0.6) is 23.0 Å². The fourth-order valence-electron chi connectivity index (χ4n) is 6.93. The van der Waals surface area contributed by atoms with Gasteiger partial charge in [0.1, 0.15) is 11.4 Å². The van der Waals surface area contributed by atoms with Gasteiger partial charge in [0, 0.05) is 28.1 Å². The molecule has 0 saturated carbocycles. The largest absolute Gasteiger partial charge is 0.453 e. The van der Waals surface area contributed by atoms with Crippen molar-refractivity contribution in [3.05, 3.63) is 176 Å². The average Bonchev–Trinajstić information content (AvgIpc) is 3.22. The summed E-state index contributed by atoms with van der Waals surface area (Å²) in [6, 6.07) is 59.2. The van der Waals surface area contributed by atoms with E-state index in [4.69, 9.17) is 19.6 Å². The van der Waals surface area contributed by atoms with E-state index in [2.05, 4.69) is 87.7 Å². The number of fused-ring (bicyclic) bond motifs is 4. The molecular formula is C45H29N5O2. The summed E-state index contributed by atoms with van der Waals surface area (Å²) in [5, 5.41) is 9.43. The second-order valence-corrected chi connectivity index (χ2v) is 12.5. The number of anilines is 6. The normalized spacial score (nSPS) is 12.5. The molecule has 8 aromatic rings. The first kappa shape index (κ1) is 29.6. The molecule has 0 radical (unpaired) electrons. The molecule has 3 heterocycles. The molecule has 7 heteroatoms. The summed E-state index contributed by atoms with van der Waals surface area (Å²) >= 11 is 0. The average molecular weight is 672 g/mol. The molecule has 0 amide bonds. The van der Waals surface area contributed by atoms with E-state index in [1.54, 1.807) is 0 Å². The molecule has 52 heavy (non-hydrogen) atoms. The number of aromatic nitrogens is 3. The quantitative estimate of drug-likeness (QED) is 0.180. The Morgan fingerprint density at radius 1 is 0.327 bits per heavy atom. The molecule has 0 atom stereocenters. The van der Waals surface area contributed by atoms with E-state index in [1.807, 2.05) is 103 Å². The molecule has 0 N–H and O–H groups in total. The van der Waals surface area contributed by atoms with Gasteiger partial charge in [0.25, 0.3) is 0 Å². The van der Waals surface area contributed by atoms with Gasteiger partial charge in [0.2, 0.25) is 0 Å². The highest BCUT2D eigenvalue weighted by Gasteiger charge is 2.27. The molecule has 1 aromatic heterocycles. The van der Waals surface area contributed by atoms with Gasteiger partial charge < -0.3 is 19.3 Å². The Morgan fingerprint density at radius 3 is 1.15 bits per heavy atom. The van der Waals surface area contributed by atoms with Gasteiger partial charge in [-0.05, 0) is 72.8 Å². The smallest absolute Gasteiger partial charge is 0.182 e. The van der Waals surface area contributed by atoms with Gasteiger partial charge in [-0.25, -0.2) is 4.98 Å². The molecule has 10 rings (SSSR count). The predicted molar refractivity (Wildman–Crippen MR) is 206 cm³/mol. The predicted octanol–water partition coefficient (Wildman–Crippen LogP) is 12.0. The number of benzene rings is 7. The third-order valence-electron chi connectivity index (χ3n) is 9.38. The molecule has 0 spiro atoms. The lowest BCUT2D eigenvalue weighted by atomic mass is 10.0. The third kappa shape index (κ3) is 5.03. The molecule has 7 aromatic carbocycles. The van der Waals surface area contributed by atoms with Gasteiger partial charge in [0.15, 0.2) is 28.8 Å². The fourth-order valence-corrected chi connectivity index (χ4v) is 6.93. The second kappa shape index (κ2) is 12.3. The van der Waals surface area contributed by atoms with Crippen LogP contribution < -0.4 is 19.3 Å². The van der Waals surface area contributed by atoms with Crippen LogP contribution in [0.4, 0.5) is 34.1 Å². The third-order valence-corrected chi connectivity index (χ3v) is 9.38. The zero-order valence-corrected chi connectivity index (χ0v) is 27.8. The number of nitrogens with zero attached hydrogens (tertiary/aromatic N) is 5. The van der Waals surface area contributed by atoms with Crippen molar-refractivity contribution in [2.24, 2.45) is 0 Å². The van der Waals surface area contributed by atoms with Crippen LogP contribution in [0.1, 0.15) is 0 Å². The van der Waals surface area contributed by atoms with Crippen molar-refractivity contribution in [2.45, 2.75) is 0 Å². The summed E-state index contributed by atoms with van der Waals surface area (Å²) in [5.74, 6) is 3.82. The zero-order chi connectivity index (χ0) is 34.4. The summed E-state index contributed by atoms with van der Waals surface area (Å²) in [7, 11) is 0. The van der Waals surface area contributed by atoms with E-state index in [-0.39, 0.29) is 0 Å². The lowest BCUT2D eigenvalue weighted by molar-refractivity contribution is 0.477. The maximum atomic E-state index is 6.25. The van der Waals surface area contributed by atoms with Crippen molar-refractivity contribution in [3.63, 3.8) is 0 Å². The molecule has 0 bridgehead atoms. The first-order valence-electron chi connectivity index (χ1n) is 17.1. The Bertz CT molecular complexity index is 2500. The van der Waals surface area contributed by atoms with E-state index in [0.29, 0.717) is 11.5 Å². The van der Waals surface area contributed by atoms with Gasteiger partial charge >= 0.3 is 0 Å². The first-order valence-corrected chi connectivity index (χ1v) is 17.1.